The predicted octanol–water partition coefficient (Wildman–Crippen LogP) is 2.86. The van der Waals surface area contributed by atoms with Gasteiger partial charge in [-0.05, 0) is 37.1 Å². The first-order chi connectivity index (χ1) is 9.70. The van der Waals surface area contributed by atoms with Crippen molar-refractivity contribution < 1.29 is 4.79 Å². The minimum absolute atomic E-state index is 0.153. The molecule has 0 aliphatic rings. The Balaban J connectivity index is 2.10. The lowest BCUT2D eigenvalue weighted by Crippen LogP contribution is -2.14. The van der Waals surface area contributed by atoms with E-state index in [9.17, 15) is 4.79 Å². The average Bonchev–Trinajstić information content (AvgIpc) is 2.46. The van der Waals surface area contributed by atoms with E-state index in [1.54, 1.807) is 12.4 Å². The summed E-state index contributed by atoms with van der Waals surface area (Å²) in [4.78, 5) is 19.9. The Hall–Kier alpha value is -2.43. The minimum atomic E-state index is -0.153. The summed E-state index contributed by atoms with van der Waals surface area (Å²) < 4.78 is 0. The van der Waals surface area contributed by atoms with Crippen molar-refractivity contribution in [3.8, 4) is 0 Å². The summed E-state index contributed by atoms with van der Waals surface area (Å²) in [6, 6.07) is 5.72. The SMILES string of the molecule is CCCNc1ccc(C(=O)Nc2cncnc2)c(C)c1. The Morgan fingerprint density at radius 3 is 2.60 bits per heavy atom. The molecule has 0 radical (unpaired) electrons. The summed E-state index contributed by atoms with van der Waals surface area (Å²) in [6.07, 6.45) is 5.62. The first-order valence-corrected chi connectivity index (χ1v) is 6.61. The highest BCUT2D eigenvalue weighted by atomic mass is 16.1. The van der Waals surface area contributed by atoms with E-state index in [-0.39, 0.29) is 5.91 Å². The molecule has 20 heavy (non-hydrogen) atoms. The molecular formula is C15H18N4O. The van der Waals surface area contributed by atoms with Gasteiger partial charge in [0.05, 0.1) is 18.1 Å². The van der Waals surface area contributed by atoms with E-state index >= 15 is 0 Å². The number of amides is 1. The largest absolute Gasteiger partial charge is 0.385 e. The molecule has 0 aliphatic heterocycles. The van der Waals surface area contributed by atoms with Crippen molar-refractivity contribution in [3.05, 3.63) is 48.0 Å². The molecule has 0 bridgehead atoms. The second-order valence-electron chi connectivity index (χ2n) is 4.54. The number of aryl methyl sites for hydroxylation is 1. The topological polar surface area (TPSA) is 66.9 Å². The molecule has 2 aromatic rings. The zero-order valence-electron chi connectivity index (χ0n) is 11.7. The van der Waals surface area contributed by atoms with Gasteiger partial charge < -0.3 is 10.6 Å². The number of hydrogen-bond donors (Lipinski definition) is 2. The van der Waals surface area contributed by atoms with Crippen LogP contribution in [0.4, 0.5) is 11.4 Å². The zero-order chi connectivity index (χ0) is 14.4. The molecule has 2 rings (SSSR count). The summed E-state index contributed by atoms with van der Waals surface area (Å²) in [5.41, 5.74) is 3.20. The van der Waals surface area contributed by atoms with Crippen LogP contribution in [-0.4, -0.2) is 22.4 Å². The Bertz CT molecular complexity index is 584. The molecule has 0 fully saturated rings. The Morgan fingerprint density at radius 1 is 1.20 bits per heavy atom. The highest BCUT2D eigenvalue weighted by Gasteiger charge is 2.09. The minimum Gasteiger partial charge on any atom is -0.385 e. The lowest BCUT2D eigenvalue weighted by Gasteiger charge is -2.10. The molecule has 0 atom stereocenters. The van der Waals surface area contributed by atoms with E-state index < -0.39 is 0 Å². The van der Waals surface area contributed by atoms with Gasteiger partial charge in [-0.1, -0.05) is 6.92 Å². The normalized spacial score (nSPS) is 10.1. The molecule has 104 valence electrons. The van der Waals surface area contributed by atoms with Crippen molar-refractivity contribution >= 4 is 17.3 Å². The molecule has 0 saturated heterocycles. The smallest absolute Gasteiger partial charge is 0.256 e. The molecule has 5 heteroatoms. The number of nitrogens with zero attached hydrogens (tertiary/aromatic N) is 2. The van der Waals surface area contributed by atoms with Crippen LogP contribution in [0.1, 0.15) is 29.3 Å². The van der Waals surface area contributed by atoms with Crippen LogP contribution in [0, 0.1) is 6.92 Å². The van der Waals surface area contributed by atoms with E-state index in [1.807, 2.05) is 25.1 Å². The van der Waals surface area contributed by atoms with Crippen LogP contribution in [-0.2, 0) is 0 Å². The van der Waals surface area contributed by atoms with Crippen molar-refractivity contribution in [2.45, 2.75) is 20.3 Å². The number of aromatic nitrogens is 2. The molecule has 0 saturated carbocycles. The van der Waals surface area contributed by atoms with Gasteiger partial charge in [-0.3, -0.25) is 4.79 Å². The van der Waals surface area contributed by atoms with E-state index in [2.05, 4.69) is 27.5 Å². The van der Waals surface area contributed by atoms with Crippen LogP contribution in [0.5, 0.6) is 0 Å². The Morgan fingerprint density at radius 2 is 1.95 bits per heavy atom. The van der Waals surface area contributed by atoms with Gasteiger partial charge in [0.1, 0.15) is 6.33 Å². The number of carbonyl (C=O) groups excluding carboxylic acids is 1. The second-order valence-corrected chi connectivity index (χ2v) is 4.54. The third-order valence-electron chi connectivity index (χ3n) is 2.87. The molecule has 2 N–H and O–H groups in total. The summed E-state index contributed by atoms with van der Waals surface area (Å²) in [5, 5.41) is 6.08. The van der Waals surface area contributed by atoms with Crippen LogP contribution in [0.3, 0.4) is 0 Å². The zero-order valence-corrected chi connectivity index (χ0v) is 11.7. The van der Waals surface area contributed by atoms with Crippen molar-refractivity contribution in [2.75, 3.05) is 17.2 Å². The average molecular weight is 270 g/mol. The molecule has 1 aromatic heterocycles. The van der Waals surface area contributed by atoms with Crippen molar-refractivity contribution in [2.24, 2.45) is 0 Å². The molecule has 0 aliphatic carbocycles. The summed E-state index contributed by atoms with van der Waals surface area (Å²) in [7, 11) is 0. The molecule has 1 aromatic carbocycles. The van der Waals surface area contributed by atoms with Gasteiger partial charge in [0, 0.05) is 17.8 Å². The van der Waals surface area contributed by atoms with E-state index in [4.69, 9.17) is 0 Å². The highest BCUT2D eigenvalue weighted by Crippen LogP contribution is 2.16. The van der Waals surface area contributed by atoms with Crippen molar-refractivity contribution in [1.82, 2.24) is 9.97 Å². The molecular weight excluding hydrogens is 252 g/mol. The lowest BCUT2D eigenvalue weighted by molar-refractivity contribution is 0.102. The molecule has 0 unspecified atom stereocenters. The van der Waals surface area contributed by atoms with Gasteiger partial charge in [0.25, 0.3) is 5.91 Å². The third kappa shape index (κ3) is 3.54. The maximum absolute atomic E-state index is 12.2. The predicted molar refractivity (Wildman–Crippen MR) is 79.9 cm³/mol. The number of anilines is 2. The molecule has 1 heterocycles. The standard InChI is InChI=1S/C15H18N4O/c1-3-6-18-12-4-5-14(11(2)7-12)15(20)19-13-8-16-10-17-9-13/h4-5,7-10,18H,3,6H2,1-2H3,(H,19,20). The second kappa shape index (κ2) is 6.65. The van der Waals surface area contributed by atoms with Crippen LogP contribution in [0.15, 0.2) is 36.9 Å². The fourth-order valence-electron chi connectivity index (χ4n) is 1.86. The molecule has 0 spiro atoms. The van der Waals surface area contributed by atoms with Gasteiger partial charge in [0.15, 0.2) is 0 Å². The quantitative estimate of drug-likeness (QED) is 0.876. The van der Waals surface area contributed by atoms with E-state index in [0.717, 1.165) is 24.2 Å². The van der Waals surface area contributed by atoms with Crippen LogP contribution >= 0.6 is 0 Å². The fourth-order valence-corrected chi connectivity index (χ4v) is 1.86. The number of rotatable bonds is 5. The third-order valence-corrected chi connectivity index (χ3v) is 2.87. The Kier molecular flexibility index (Phi) is 4.65. The lowest BCUT2D eigenvalue weighted by atomic mass is 10.1. The number of benzene rings is 1. The first-order valence-electron chi connectivity index (χ1n) is 6.61. The van der Waals surface area contributed by atoms with Gasteiger partial charge in [-0.25, -0.2) is 9.97 Å². The summed E-state index contributed by atoms with van der Waals surface area (Å²) in [5.74, 6) is -0.153. The fraction of sp³-hybridized carbons (Fsp3) is 0.267. The summed E-state index contributed by atoms with van der Waals surface area (Å²) in [6.45, 7) is 4.96. The van der Waals surface area contributed by atoms with Crippen molar-refractivity contribution in [3.63, 3.8) is 0 Å². The highest BCUT2D eigenvalue weighted by molar-refractivity contribution is 6.05. The molecule has 5 nitrogen and oxygen atoms in total. The number of carbonyl (C=O) groups is 1. The number of nitrogens with one attached hydrogen (secondary N) is 2. The first kappa shape index (κ1) is 14.0. The van der Waals surface area contributed by atoms with Crippen LogP contribution in [0.25, 0.3) is 0 Å². The van der Waals surface area contributed by atoms with Gasteiger partial charge in [0.2, 0.25) is 0 Å². The molecule has 1 amide bonds. The van der Waals surface area contributed by atoms with Gasteiger partial charge in [-0.2, -0.15) is 0 Å². The summed E-state index contributed by atoms with van der Waals surface area (Å²) >= 11 is 0. The van der Waals surface area contributed by atoms with Gasteiger partial charge >= 0.3 is 0 Å². The van der Waals surface area contributed by atoms with Crippen molar-refractivity contribution in [1.29, 1.82) is 0 Å². The van der Waals surface area contributed by atoms with Gasteiger partial charge in [-0.15, -0.1) is 0 Å². The maximum Gasteiger partial charge on any atom is 0.256 e. The maximum atomic E-state index is 12.2. The van der Waals surface area contributed by atoms with E-state index in [1.165, 1.54) is 6.33 Å². The van der Waals surface area contributed by atoms with Crippen LogP contribution < -0.4 is 10.6 Å². The monoisotopic (exact) mass is 270 g/mol. The Labute approximate surface area is 118 Å². The van der Waals surface area contributed by atoms with E-state index in [0.29, 0.717) is 11.3 Å². The number of hydrogen-bond acceptors (Lipinski definition) is 4. The van der Waals surface area contributed by atoms with Crippen LogP contribution in [0.2, 0.25) is 0 Å².